The first-order valence-electron chi connectivity index (χ1n) is 6.26. The smallest absolute Gasteiger partial charge is 0.328 e. The zero-order chi connectivity index (χ0) is 15.8. The van der Waals surface area contributed by atoms with E-state index in [9.17, 15) is 14.4 Å². The van der Waals surface area contributed by atoms with Crippen molar-refractivity contribution in [2.45, 2.75) is 25.4 Å². The Bertz CT molecular complexity index is 506. The maximum Gasteiger partial charge on any atom is 0.328 e. The summed E-state index contributed by atoms with van der Waals surface area (Å²) in [4.78, 5) is 37.9. The number of amides is 2. The van der Waals surface area contributed by atoms with E-state index in [1.165, 1.54) is 6.92 Å². The molecule has 8 nitrogen and oxygen atoms in total. The lowest BCUT2D eigenvalue weighted by atomic mass is 10.2. The molecule has 21 heavy (non-hydrogen) atoms. The Morgan fingerprint density at radius 1 is 1.24 bits per heavy atom. The van der Waals surface area contributed by atoms with Crippen molar-refractivity contribution in [3.8, 4) is 0 Å². The van der Waals surface area contributed by atoms with E-state index in [1.807, 2.05) is 0 Å². The third kappa shape index (κ3) is 5.57. The molecule has 114 valence electrons. The van der Waals surface area contributed by atoms with Crippen molar-refractivity contribution in [1.29, 1.82) is 0 Å². The van der Waals surface area contributed by atoms with Crippen molar-refractivity contribution in [2.24, 2.45) is 0 Å². The third-order valence-corrected chi connectivity index (χ3v) is 2.68. The molecule has 1 aromatic heterocycles. The van der Waals surface area contributed by atoms with Gasteiger partial charge in [-0.05, 0) is 24.6 Å². The van der Waals surface area contributed by atoms with E-state index in [1.54, 1.807) is 24.5 Å². The maximum absolute atomic E-state index is 11.7. The van der Waals surface area contributed by atoms with Gasteiger partial charge in [0.25, 0.3) is 0 Å². The van der Waals surface area contributed by atoms with Crippen LogP contribution in [0, 0.1) is 0 Å². The van der Waals surface area contributed by atoms with Gasteiger partial charge in [-0.25, -0.2) is 4.79 Å². The molecule has 0 radical (unpaired) electrons. The third-order valence-electron chi connectivity index (χ3n) is 2.68. The number of hydrogen-bond acceptors (Lipinski definition) is 5. The van der Waals surface area contributed by atoms with Crippen molar-refractivity contribution >= 4 is 17.8 Å². The summed E-state index contributed by atoms with van der Waals surface area (Å²) in [5, 5.41) is 22.1. The minimum atomic E-state index is -1.39. The Balaban J connectivity index is 2.48. The van der Waals surface area contributed by atoms with E-state index in [4.69, 9.17) is 10.2 Å². The number of aromatic nitrogens is 1. The highest BCUT2D eigenvalue weighted by atomic mass is 16.4. The van der Waals surface area contributed by atoms with Crippen LogP contribution in [-0.2, 0) is 20.8 Å². The van der Waals surface area contributed by atoms with Crippen LogP contribution in [0.25, 0.3) is 0 Å². The second kappa shape index (κ2) is 7.95. The summed E-state index contributed by atoms with van der Waals surface area (Å²) in [5.74, 6) is -2.40. The number of pyridine rings is 1. The fourth-order valence-corrected chi connectivity index (χ4v) is 1.53. The predicted octanol–water partition coefficient (Wildman–Crippen LogP) is -1.31. The van der Waals surface area contributed by atoms with Gasteiger partial charge < -0.3 is 20.8 Å². The quantitative estimate of drug-likeness (QED) is 0.494. The molecule has 0 bridgehead atoms. The summed E-state index contributed by atoms with van der Waals surface area (Å²) in [6.07, 6.45) is 3.19. The van der Waals surface area contributed by atoms with E-state index in [0.29, 0.717) is 0 Å². The van der Waals surface area contributed by atoms with Crippen molar-refractivity contribution in [3.63, 3.8) is 0 Å². The number of carbonyl (C=O) groups excluding carboxylic acids is 2. The molecule has 4 N–H and O–H groups in total. The maximum atomic E-state index is 11.7. The molecular formula is C13H17N3O5. The molecule has 0 aliphatic heterocycles. The van der Waals surface area contributed by atoms with Crippen LogP contribution < -0.4 is 10.6 Å². The van der Waals surface area contributed by atoms with Gasteiger partial charge in [-0.2, -0.15) is 0 Å². The molecule has 0 saturated carbocycles. The predicted molar refractivity (Wildman–Crippen MR) is 72.2 cm³/mol. The topological polar surface area (TPSA) is 129 Å². The summed E-state index contributed by atoms with van der Waals surface area (Å²) >= 11 is 0. The fraction of sp³-hybridized carbons (Fsp3) is 0.385. The summed E-state index contributed by atoms with van der Waals surface area (Å²) in [6.45, 7) is 0.703. The standard InChI is InChI=1S/C13H17N3O5/c1-8(12(19)16-10(7-17)13(20)21)15-11(18)6-9-2-4-14-5-3-9/h2-5,8,10,17H,6-7H2,1H3,(H,15,18)(H,16,19)(H,20,21). The molecule has 1 aromatic rings. The fourth-order valence-electron chi connectivity index (χ4n) is 1.53. The first-order chi connectivity index (χ1) is 9.93. The normalized spacial score (nSPS) is 13.0. The van der Waals surface area contributed by atoms with E-state index >= 15 is 0 Å². The minimum absolute atomic E-state index is 0.0858. The van der Waals surface area contributed by atoms with Gasteiger partial charge in [0.2, 0.25) is 11.8 Å². The molecule has 0 fully saturated rings. The minimum Gasteiger partial charge on any atom is -0.480 e. The van der Waals surface area contributed by atoms with Gasteiger partial charge in [-0.3, -0.25) is 14.6 Å². The highest BCUT2D eigenvalue weighted by Crippen LogP contribution is 1.98. The molecule has 2 unspecified atom stereocenters. The lowest BCUT2D eigenvalue weighted by molar-refractivity contribution is -0.143. The number of aliphatic hydroxyl groups is 1. The number of nitrogens with one attached hydrogen (secondary N) is 2. The Morgan fingerprint density at radius 3 is 2.38 bits per heavy atom. The Morgan fingerprint density at radius 2 is 1.86 bits per heavy atom. The molecule has 8 heteroatoms. The number of carboxylic acids is 1. The number of carbonyl (C=O) groups is 3. The average Bonchev–Trinajstić information content (AvgIpc) is 2.44. The summed E-state index contributed by atoms with van der Waals surface area (Å²) in [7, 11) is 0. The van der Waals surface area contributed by atoms with Crippen LogP contribution in [0.4, 0.5) is 0 Å². The second-order valence-electron chi connectivity index (χ2n) is 4.40. The Hall–Kier alpha value is -2.48. The zero-order valence-electron chi connectivity index (χ0n) is 11.4. The van der Waals surface area contributed by atoms with Crippen LogP contribution in [0.2, 0.25) is 0 Å². The first kappa shape index (κ1) is 16.6. The number of aliphatic carboxylic acids is 1. The van der Waals surface area contributed by atoms with Gasteiger partial charge in [-0.15, -0.1) is 0 Å². The van der Waals surface area contributed by atoms with Crippen molar-refractivity contribution in [3.05, 3.63) is 30.1 Å². The van der Waals surface area contributed by atoms with Crippen molar-refractivity contribution in [2.75, 3.05) is 6.61 Å². The van der Waals surface area contributed by atoms with Crippen LogP contribution in [0.1, 0.15) is 12.5 Å². The molecule has 0 spiro atoms. The molecule has 0 aliphatic carbocycles. The number of rotatable bonds is 7. The number of carboxylic acid groups (broad SMARTS) is 1. The molecule has 0 aliphatic rings. The Kier molecular flexibility index (Phi) is 6.28. The van der Waals surface area contributed by atoms with E-state index in [2.05, 4.69) is 15.6 Å². The second-order valence-corrected chi connectivity index (χ2v) is 4.40. The number of aliphatic hydroxyl groups excluding tert-OH is 1. The van der Waals surface area contributed by atoms with Gasteiger partial charge >= 0.3 is 5.97 Å². The van der Waals surface area contributed by atoms with E-state index in [-0.39, 0.29) is 12.3 Å². The summed E-state index contributed by atoms with van der Waals surface area (Å²) in [5.41, 5.74) is 0.744. The van der Waals surface area contributed by atoms with Gasteiger partial charge in [0, 0.05) is 12.4 Å². The van der Waals surface area contributed by atoms with Crippen LogP contribution in [0.15, 0.2) is 24.5 Å². The summed E-state index contributed by atoms with van der Waals surface area (Å²) in [6, 6.07) is 1.05. The molecule has 0 saturated heterocycles. The van der Waals surface area contributed by atoms with E-state index < -0.39 is 30.6 Å². The van der Waals surface area contributed by atoms with Crippen molar-refractivity contribution in [1.82, 2.24) is 15.6 Å². The SMILES string of the molecule is CC(NC(=O)Cc1ccncc1)C(=O)NC(CO)C(=O)O. The molecule has 2 amide bonds. The van der Waals surface area contributed by atoms with Crippen molar-refractivity contribution < 1.29 is 24.6 Å². The van der Waals surface area contributed by atoms with Gasteiger partial charge in [0.1, 0.15) is 12.1 Å². The van der Waals surface area contributed by atoms with Gasteiger partial charge in [0.15, 0.2) is 0 Å². The van der Waals surface area contributed by atoms with Crippen LogP contribution >= 0.6 is 0 Å². The van der Waals surface area contributed by atoms with Crippen LogP contribution in [-0.4, -0.2) is 51.7 Å². The van der Waals surface area contributed by atoms with Gasteiger partial charge in [0.05, 0.1) is 13.0 Å². The van der Waals surface area contributed by atoms with E-state index in [0.717, 1.165) is 5.56 Å². The number of hydrogen-bond donors (Lipinski definition) is 4. The van der Waals surface area contributed by atoms with Crippen LogP contribution in [0.5, 0.6) is 0 Å². The highest BCUT2D eigenvalue weighted by molar-refractivity contribution is 5.90. The zero-order valence-corrected chi connectivity index (χ0v) is 11.4. The first-order valence-corrected chi connectivity index (χ1v) is 6.26. The molecule has 1 rings (SSSR count). The molecule has 1 heterocycles. The molecule has 2 atom stereocenters. The summed E-state index contributed by atoms with van der Waals surface area (Å²) < 4.78 is 0. The lowest BCUT2D eigenvalue weighted by Crippen LogP contribution is -2.51. The van der Waals surface area contributed by atoms with Crippen LogP contribution in [0.3, 0.4) is 0 Å². The number of nitrogens with zero attached hydrogens (tertiary/aromatic N) is 1. The monoisotopic (exact) mass is 295 g/mol. The Labute approximate surface area is 121 Å². The average molecular weight is 295 g/mol. The highest BCUT2D eigenvalue weighted by Gasteiger charge is 2.23. The lowest BCUT2D eigenvalue weighted by Gasteiger charge is -2.17. The van der Waals surface area contributed by atoms with Gasteiger partial charge in [-0.1, -0.05) is 0 Å². The molecule has 0 aromatic carbocycles. The molecular weight excluding hydrogens is 278 g/mol. The largest absolute Gasteiger partial charge is 0.480 e.